The maximum Gasteiger partial charge on any atom is 0.244 e. The molecule has 88 valence electrons. The van der Waals surface area contributed by atoms with E-state index >= 15 is 0 Å². The first-order valence-electron chi connectivity index (χ1n) is 4.81. The molecule has 1 atom stereocenters. The lowest BCUT2D eigenvalue weighted by atomic mass is 10.1. The number of hydrogen-bond donors (Lipinski definition) is 1. The molecular formula is C10H14ClN3O2. The zero-order valence-corrected chi connectivity index (χ0v) is 9.90. The number of nitrogens with two attached hydrogens (primary N) is 1. The monoisotopic (exact) mass is 243 g/mol. The second-order valence-electron chi connectivity index (χ2n) is 3.70. The van der Waals surface area contributed by atoms with Crippen LogP contribution in [-0.4, -0.2) is 10.1 Å². The van der Waals surface area contributed by atoms with Crippen molar-refractivity contribution in [3.05, 3.63) is 24.3 Å². The fourth-order valence-corrected chi connectivity index (χ4v) is 1.16. The van der Waals surface area contributed by atoms with E-state index in [9.17, 15) is 0 Å². The fourth-order valence-electron chi connectivity index (χ4n) is 1.16. The summed E-state index contributed by atoms with van der Waals surface area (Å²) < 4.78 is 10.2. The average Bonchev–Trinajstić information content (AvgIpc) is 2.86. The molecule has 0 radical (unpaired) electrons. The minimum absolute atomic E-state index is 0. The normalized spacial score (nSPS) is 12.5. The van der Waals surface area contributed by atoms with Gasteiger partial charge >= 0.3 is 0 Å². The van der Waals surface area contributed by atoms with Gasteiger partial charge in [0.05, 0.1) is 12.3 Å². The van der Waals surface area contributed by atoms with Crippen LogP contribution in [0.1, 0.15) is 25.8 Å². The van der Waals surface area contributed by atoms with E-state index in [2.05, 4.69) is 10.1 Å². The number of furan rings is 1. The van der Waals surface area contributed by atoms with E-state index in [1.165, 1.54) is 0 Å². The number of aromatic nitrogens is 2. The molecule has 0 unspecified atom stereocenters. The molecule has 0 spiro atoms. The Bertz CT molecular complexity index is 425. The summed E-state index contributed by atoms with van der Waals surface area (Å²) >= 11 is 0. The smallest absolute Gasteiger partial charge is 0.244 e. The maximum absolute atomic E-state index is 5.88. The van der Waals surface area contributed by atoms with Gasteiger partial charge in [-0.1, -0.05) is 19.0 Å². The van der Waals surface area contributed by atoms with Gasteiger partial charge in [-0.3, -0.25) is 0 Å². The molecule has 2 aromatic heterocycles. The average molecular weight is 244 g/mol. The van der Waals surface area contributed by atoms with Gasteiger partial charge in [0.2, 0.25) is 11.7 Å². The van der Waals surface area contributed by atoms with Crippen molar-refractivity contribution in [3.8, 4) is 11.6 Å². The van der Waals surface area contributed by atoms with Crippen molar-refractivity contribution < 1.29 is 8.94 Å². The second-order valence-corrected chi connectivity index (χ2v) is 3.70. The minimum Gasteiger partial charge on any atom is -0.461 e. The standard InChI is InChI=1S/C10H13N3O2.ClH/c1-6(2)8(11)10-12-9(13-15-10)7-4-3-5-14-7;/h3-6,8H,11H2,1-2H3;1H/t8-;/m1./s1. The van der Waals surface area contributed by atoms with Crippen LogP contribution in [0, 0.1) is 5.92 Å². The predicted molar refractivity (Wildman–Crippen MR) is 61.0 cm³/mol. The molecule has 2 rings (SSSR count). The van der Waals surface area contributed by atoms with Crippen LogP contribution < -0.4 is 5.73 Å². The molecule has 2 N–H and O–H groups in total. The summed E-state index contributed by atoms with van der Waals surface area (Å²) in [7, 11) is 0. The molecule has 0 aliphatic carbocycles. The molecule has 6 heteroatoms. The van der Waals surface area contributed by atoms with Gasteiger partial charge in [0.1, 0.15) is 0 Å². The van der Waals surface area contributed by atoms with Crippen LogP contribution in [0.5, 0.6) is 0 Å². The van der Waals surface area contributed by atoms with Crippen LogP contribution in [-0.2, 0) is 0 Å². The van der Waals surface area contributed by atoms with E-state index in [-0.39, 0.29) is 24.4 Å². The van der Waals surface area contributed by atoms with Gasteiger partial charge in [-0.15, -0.1) is 12.4 Å². The van der Waals surface area contributed by atoms with Crippen molar-refractivity contribution in [2.75, 3.05) is 0 Å². The fraction of sp³-hybridized carbons (Fsp3) is 0.400. The molecule has 16 heavy (non-hydrogen) atoms. The summed E-state index contributed by atoms with van der Waals surface area (Å²) in [5, 5.41) is 3.80. The SMILES string of the molecule is CC(C)[C@@H](N)c1nc(-c2ccco2)no1.Cl. The first-order valence-corrected chi connectivity index (χ1v) is 4.81. The van der Waals surface area contributed by atoms with E-state index in [1.807, 2.05) is 13.8 Å². The van der Waals surface area contributed by atoms with Crippen LogP contribution in [0.25, 0.3) is 11.6 Å². The van der Waals surface area contributed by atoms with Crippen molar-refractivity contribution >= 4 is 12.4 Å². The lowest BCUT2D eigenvalue weighted by molar-refractivity contribution is 0.324. The van der Waals surface area contributed by atoms with Crippen LogP contribution in [0.3, 0.4) is 0 Å². The predicted octanol–water partition coefficient (Wildman–Crippen LogP) is 2.41. The third-order valence-electron chi connectivity index (χ3n) is 2.19. The van der Waals surface area contributed by atoms with E-state index in [0.717, 1.165) is 0 Å². The molecular weight excluding hydrogens is 230 g/mol. The molecule has 0 saturated carbocycles. The lowest BCUT2D eigenvalue weighted by Gasteiger charge is -2.08. The van der Waals surface area contributed by atoms with Crippen LogP contribution in [0.15, 0.2) is 27.3 Å². The van der Waals surface area contributed by atoms with Crippen molar-refractivity contribution in [2.24, 2.45) is 11.7 Å². The largest absolute Gasteiger partial charge is 0.461 e. The molecule has 2 heterocycles. The van der Waals surface area contributed by atoms with Gasteiger partial charge in [0, 0.05) is 0 Å². The molecule has 5 nitrogen and oxygen atoms in total. The highest BCUT2D eigenvalue weighted by Crippen LogP contribution is 2.21. The van der Waals surface area contributed by atoms with Gasteiger partial charge in [-0.25, -0.2) is 0 Å². The van der Waals surface area contributed by atoms with Gasteiger partial charge in [0.15, 0.2) is 5.76 Å². The number of hydrogen-bond acceptors (Lipinski definition) is 5. The number of nitrogens with zero attached hydrogens (tertiary/aromatic N) is 2. The molecule has 0 aliphatic rings. The van der Waals surface area contributed by atoms with E-state index in [0.29, 0.717) is 17.5 Å². The molecule has 0 aromatic carbocycles. The summed E-state index contributed by atoms with van der Waals surface area (Å²) in [6.07, 6.45) is 1.56. The highest BCUT2D eigenvalue weighted by molar-refractivity contribution is 5.85. The first kappa shape index (κ1) is 12.7. The Morgan fingerprint density at radius 2 is 2.12 bits per heavy atom. The summed E-state index contributed by atoms with van der Waals surface area (Å²) in [5.74, 6) is 1.72. The maximum atomic E-state index is 5.88. The second kappa shape index (κ2) is 5.14. The van der Waals surface area contributed by atoms with Crippen molar-refractivity contribution in [1.29, 1.82) is 0 Å². The third kappa shape index (κ3) is 2.43. The Morgan fingerprint density at radius 1 is 1.38 bits per heavy atom. The Kier molecular flexibility index (Phi) is 4.09. The molecule has 0 saturated heterocycles. The van der Waals surface area contributed by atoms with E-state index in [1.54, 1.807) is 18.4 Å². The topological polar surface area (TPSA) is 78.1 Å². The summed E-state index contributed by atoms with van der Waals surface area (Å²) in [4.78, 5) is 4.18. The molecule has 0 aliphatic heterocycles. The zero-order valence-electron chi connectivity index (χ0n) is 9.08. The van der Waals surface area contributed by atoms with Crippen molar-refractivity contribution in [2.45, 2.75) is 19.9 Å². The molecule has 0 amide bonds. The summed E-state index contributed by atoms with van der Waals surface area (Å²) in [6, 6.07) is 3.31. The summed E-state index contributed by atoms with van der Waals surface area (Å²) in [5.41, 5.74) is 5.88. The van der Waals surface area contributed by atoms with Crippen LogP contribution in [0.2, 0.25) is 0 Å². The van der Waals surface area contributed by atoms with E-state index < -0.39 is 0 Å². The third-order valence-corrected chi connectivity index (χ3v) is 2.19. The van der Waals surface area contributed by atoms with Crippen LogP contribution >= 0.6 is 12.4 Å². The Balaban J connectivity index is 0.00000128. The highest BCUT2D eigenvalue weighted by atomic mass is 35.5. The lowest BCUT2D eigenvalue weighted by Crippen LogP contribution is -2.16. The number of halogens is 1. The Labute approximate surface area is 99.4 Å². The van der Waals surface area contributed by atoms with Gasteiger partial charge in [-0.05, 0) is 18.1 Å². The highest BCUT2D eigenvalue weighted by Gasteiger charge is 2.19. The van der Waals surface area contributed by atoms with Crippen LogP contribution in [0.4, 0.5) is 0 Å². The summed E-state index contributed by atoms with van der Waals surface area (Å²) in [6.45, 7) is 4.00. The van der Waals surface area contributed by atoms with Gasteiger partial charge in [0.25, 0.3) is 0 Å². The molecule has 0 bridgehead atoms. The molecule has 2 aromatic rings. The van der Waals surface area contributed by atoms with Gasteiger partial charge in [-0.2, -0.15) is 4.98 Å². The zero-order chi connectivity index (χ0) is 10.8. The molecule has 0 fully saturated rings. The first-order chi connectivity index (χ1) is 7.18. The number of rotatable bonds is 3. The Morgan fingerprint density at radius 3 is 2.69 bits per heavy atom. The van der Waals surface area contributed by atoms with Crippen molar-refractivity contribution in [1.82, 2.24) is 10.1 Å². The van der Waals surface area contributed by atoms with E-state index in [4.69, 9.17) is 14.7 Å². The Hall–Kier alpha value is -1.33. The van der Waals surface area contributed by atoms with Gasteiger partial charge < -0.3 is 14.7 Å². The quantitative estimate of drug-likeness (QED) is 0.896. The minimum atomic E-state index is -0.235. The van der Waals surface area contributed by atoms with Crippen molar-refractivity contribution in [3.63, 3.8) is 0 Å².